The van der Waals surface area contributed by atoms with Crippen LogP contribution in [0.2, 0.25) is 0 Å². The van der Waals surface area contributed by atoms with Gasteiger partial charge in [0.1, 0.15) is 0 Å². The van der Waals surface area contributed by atoms with Crippen molar-refractivity contribution in [2.24, 2.45) is 5.14 Å². The van der Waals surface area contributed by atoms with Crippen molar-refractivity contribution < 1.29 is 28.5 Å². The number of nitrogens with two attached hydrogens (primary N) is 1. The van der Waals surface area contributed by atoms with Crippen LogP contribution in [0.4, 0.5) is 0 Å². The van der Waals surface area contributed by atoms with Gasteiger partial charge in [-0.05, 0) is 12.1 Å². The van der Waals surface area contributed by atoms with Gasteiger partial charge in [0.15, 0.2) is 5.03 Å². The van der Waals surface area contributed by atoms with E-state index in [1.54, 1.807) is 12.1 Å². The Kier molecular flexibility index (Phi) is 3.82. The molecule has 1 radical (unpaired) electrons. The van der Waals surface area contributed by atoms with Crippen LogP contribution in [0.1, 0.15) is 0 Å². The number of aromatic nitrogens is 1. The fraction of sp³-hybridized carbons (Fsp3) is 0. The smallest absolute Gasteiger partial charge is 0.243 e. The van der Waals surface area contributed by atoms with E-state index in [1.165, 1.54) is 12.3 Å². The van der Waals surface area contributed by atoms with Gasteiger partial charge in [0.25, 0.3) is 10.0 Å². The number of nitrogens with zero attached hydrogens (tertiary/aromatic N) is 1. The third kappa shape index (κ3) is 3.07. The molecule has 63 valence electrons. The largest absolute Gasteiger partial charge is 0.255 e. The van der Waals surface area contributed by atoms with E-state index in [1.807, 2.05) is 0 Å². The maximum absolute atomic E-state index is 10.5. The molecule has 0 aliphatic heterocycles. The maximum Gasteiger partial charge on any atom is 0.255 e. The average molecular weight is 350 g/mol. The van der Waals surface area contributed by atoms with Gasteiger partial charge in [-0.1, -0.05) is 6.07 Å². The van der Waals surface area contributed by atoms with Crippen LogP contribution in [-0.4, -0.2) is 13.4 Å². The summed E-state index contributed by atoms with van der Waals surface area (Å²) in [6.45, 7) is 0. The Labute approximate surface area is 78.2 Å². The van der Waals surface area contributed by atoms with Crippen molar-refractivity contribution in [1.29, 1.82) is 0 Å². The molecule has 0 bridgehead atoms. The van der Waals surface area contributed by atoms with Crippen molar-refractivity contribution in [3.05, 3.63) is 24.4 Å². The molecule has 0 saturated heterocycles. The number of sulfonamides is 1. The molecule has 11 heavy (non-hydrogen) atoms. The van der Waals surface area contributed by atoms with Gasteiger partial charge in [0.2, 0.25) is 0 Å². The van der Waals surface area contributed by atoms with Crippen LogP contribution in [-0.2, 0) is 30.1 Å². The van der Waals surface area contributed by atoms with E-state index in [9.17, 15) is 8.42 Å². The number of primary sulfonamides is 1. The average Bonchev–Trinajstić information content (AvgIpc) is 1.88. The Bertz CT molecular complexity index is 311. The molecular formula is C5H6IrN2O2S. The molecular weight excluding hydrogens is 344 g/mol. The normalized spacial score (nSPS) is 10.3. The molecule has 1 aromatic rings. The van der Waals surface area contributed by atoms with Gasteiger partial charge in [-0.25, -0.2) is 18.5 Å². The summed E-state index contributed by atoms with van der Waals surface area (Å²) in [5.41, 5.74) is 0. The molecule has 0 aliphatic rings. The minimum atomic E-state index is -3.61. The molecule has 0 fully saturated rings. The summed E-state index contributed by atoms with van der Waals surface area (Å²) >= 11 is 0. The van der Waals surface area contributed by atoms with E-state index in [-0.39, 0.29) is 25.1 Å². The summed E-state index contributed by atoms with van der Waals surface area (Å²) in [5.74, 6) is 0. The zero-order chi connectivity index (χ0) is 7.61. The molecule has 6 heteroatoms. The van der Waals surface area contributed by atoms with Crippen LogP contribution in [0.15, 0.2) is 29.4 Å². The summed E-state index contributed by atoms with van der Waals surface area (Å²) < 4.78 is 21.1. The van der Waals surface area contributed by atoms with Crippen LogP contribution in [0, 0.1) is 0 Å². The first-order valence-electron chi connectivity index (χ1n) is 2.54. The van der Waals surface area contributed by atoms with Crippen molar-refractivity contribution in [3.63, 3.8) is 0 Å². The van der Waals surface area contributed by atoms with Gasteiger partial charge >= 0.3 is 0 Å². The molecule has 1 heterocycles. The van der Waals surface area contributed by atoms with Gasteiger partial charge in [0.05, 0.1) is 0 Å². The minimum Gasteiger partial charge on any atom is -0.243 e. The molecule has 2 N–H and O–H groups in total. The topological polar surface area (TPSA) is 73.1 Å². The van der Waals surface area contributed by atoms with Crippen molar-refractivity contribution in [1.82, 2.24) is 4.98 Å². The second kappa shape index (κ2) is 3.92. The van der Waals surface area contributed by atoms with Gasteiger partial charge in [-0.2, -0.15) is 0 Å². The Hall–Kier alpha value is -0.291. The number of rotatable bonds is 1. The standard InChI is InChI=1S/C5H6N2O2S.Ir/c6-10(8,9)5-3-1-2-4-7-5;/h1-4H,(H2,6,8,9);. The minimum absolute atomic E-state index is 0. The first-order valence-corrected chi connectivity index (χ1v) is 4.09. The van der Waals surface area contributed by atoms with E-state index >= 15 is 0 Å². The van der Waals surface area contributed by atoms with Gasteiger partial charge in [-0.15, -0.1) is 0 Å². The summed E-state index contributed by atoms with van der Waals surface area (Å²) in [6, 6.07) is 4.52. The van der Waals surface area contributed by atoms with Crippen molar-refractivity contribution >= 4 is 10.0 Å². The first-order chi connectivity index (χ1) is 4.61. The zero-order valence-corrected chi connectivity index (χ0v) is 8.60. The predicted molar refractivity (Wildman–Crippen MR) is 35.6 cm³/mol. The van der Waals surface area contributed by atoms with Crippen LogP contribution in [0.3, 0.4) is 0 Å². The monoisotopic (exact) mass is 351 g/mol. The summed E-state index contributed by atoms with van der Waals surface area (Å²) in [6.07, 6.45) is 1.37. The molecule has 0 saturated carbocycles. The molecule has 4 nitrogen and oxygen atoms in total. The maximum atomic E-state index is 10.5. The number of hydrogen-bond donors (Lipinski definition) is 1. The third-order valence-electron chi connectivity index (χ3n) is 0.929. The van der Waals surface area contributed by atoms with Crippen LogP contribution in [0.25, 0.3) is 0 Å². The van der Waals surface area contributed by atoms with E-state index in [4.69, 9.17) is 5.14 Å². The van der Waals surface area contributed by atoms with Crippen molar-refractivity contribution in [3.8, 4) is 0 Å². The predicted octanol–water partition coefficient (Wildman–Crippen LogP) is -0.273. The van der Waals surface area contributed by atoms with E-state index in [0.29, 0.717) is 0 Å². The Balaban J connectivity index is 0.000001000. The van der Waals surface area contributed by atoms with E-state index in [0.717, 1.165) is 0 Å². The van der Waals surface area contributed by atoms with Crippen LogP contribution < -0.4 is 5.14 Å². The second-order valence-corrected chi connectivity index (χ2v) is 3.22. The fourth-order valence-electron chi connectivity index (χ4n) is 0.515. The van der Waals surface area contributed by atoms with Crippen LogP contribution >= 0.6 is 0 Å². The number of pyridine rings is 1. The Morgan fingerprint density at radius 3 is 2.27 bits per heavy atom. The Morgan fingerprint density at radius 2 is 2.00 bits per heavy atom. The molecule has 1 aromatic heterocycles. The summed E-state index contributed by atoms with van der Waals surface area (Å²) in [7, 11) is -3.61. The van der Waals surface area contributed by atoms with E-state index in [2.05, 4.69) is 4.98 Å². The van der Waals surface area contributed by atoms with Gasteiger partial charge in [-0.3, -0.25) is 0 Å². The molecule has 0 aliphatic carbocycles. The summed E-state index contributed by atoms with van der Waals surface area (Å²) in [5, 5.41) is 4.66. The Morgan fingerprint density at radius 1 is 1.36 bits per heavy atom. The van der Waals surface area contributed by atoms with Gasteiger partial charge < -0.3 is 0 Å². The van der Waals surface area contributed by atoms with Crippen LogP contribution in [0.5, 0.6) is 0 Å². The van der Waals surface area contributed by atoms with Crippen molar-refractivity contribution in [2.45, 2.75) is 5.03 Å². The third-order valence-corrected chi connectivity index (χ3v) is 1.75. The van der Waals surface area contributed by atoms with E-state index < -0.39 is 10.0 Å². The van der Waals surface area contributed by atoms with Crippen molar-refractivity contribution in [2.75, 3.05) is 0 Å². The molecule has 0 aromatic carbocycles. The van der Waals surface area contributed by atoms with Gasteiger partial charge in [0, 0.05) is 26.3 Å². The molecule has 1 rings (SSSR count). The first kappa shape index (κ1) is 10.7. The molecule has 0 spiro atoms. The second-order valence-electron chi connectivity index (χ2n) is 1.71. The quantitative estimate of drug-likeness (QED) is 0.758. The summed E-state index contributed by atoms with van der Waals surface area (Å²) in [4.78, 5) is 3.54. The zero-order valence-electron chi connectivity index (χ0n) is 5.39. The fourth-order valence-corrected chi connectivity index (χ4v) is 0.991. The molecule has 0 atom stereocenters. The molecule has 0 amide bonds. The SMILES string of the molecule is NS(=O)(=O)c1ccccn1.[Ir]. The molecule has 0 unspecified atom stereocenters. The number of hydrogen-bond acceptors (Lipinski definition) is 3.